The molecule has 1 aromatic heterocycles. The van der Waals surface area contributed by atoms with E-state index in [1.807, 2.05) is 25.1 Å². The van der Waals surface area contributed by atoms with Gasteiger partial charge in [0.05, 0.1) is 29.6 Å². The summed E-state index contributed by atoms with van der Waals surface area (Å²) < 4.78 is 12.4. The molecule has 144 valence electrons. The molecule has 1 atom stereocenters. The average Bonchev–Trinajstić information content (AvgIpc) is 3.22. The Morgan fingerprint density at radius 1 is 1.18 bits per heavy atom. The van der Waals surface area contributed by atoms with E-state index in [4.69, 9.17) is 9.47 Å². The third kappa shape index (κ3) is 3.57. The maximum Gasteiger partial charge on any atom is 0.247 e. The molecule has 0 bridgehead atoms. The minimum absolute atomic E-state index is 0.162. The van der Waals surface area contributed by atoms with E-state index in [2.05, 4.69) is 4.98 Å². The number of rotatable bonds is 6. The third-order valence-electron chi connectivity index (χ3n) is 4.33. The molecule has 0 saturated carbocycles. The first kappa shape index (κ1) is 18.8. The highest BCUT2D eigenvalue weighted by molar-refractivity contribution is 8.02. The Bertz CT molecular complexity index is 1030. The number of benzene rings is 2. The first-order chi connectivity index (χ1) is 13.6. The van der Waals surface area contributed by atoms with Crippen molar-refractivity contribution in [3.63, 3.8) is 0 Å². The fourth-order valence-electron chi connectivity index (χ4n) is 3.01. The Morgan fingerprint density at radius 2 is 1.93 bits per heavy atom. The molecule has 3 aromatic rings. The number of thioether (sulfide) groups is 1. The van der Waals surface area contributed by atoms with Gasteiger partial charge < -0.3 is 9.47 Å². The zero-order chi connectivity index (χ0) is 19.7. The topological polar surface area (TPSA) is 68.7 Å². The number of anilines is 1. The summed E-state index contributed by atoms with van der Waals surface area (Å²) >= 11 is 2.85. The van der Waals surface area contributed by atoms with E-state index >= 15 is 0 Å². The van der Waals surface area contributed by atoms with E-state index in [9.17, 15) is 9.59 Å². The molecular weight excluding hydrogens is 396 g/mol. The molecule has 0 radical (unpaired) electrons. The van der Waals surface area contributed by atoms with Gasteiger partial charge in [-0.25, -0.2) is 9.88 Å². The van der Waals surface area contributed by atoms with Gasteiger partial charge in [0.25, 0.3) is 0 Å². The predicted molar refractivity (Wildman–Crippen MR) is 111 cm³/mol. The van der Waals surface area contributed by atoms with Crippen molar-refractivity contribution < 1.29 is 19.1 Å². The van der Waals surface area contributed by atoms with Crippen LogP contribution in [0.1, 0.15) is 13.3 Å². The summed E-state index contributed by atoms with van der Waals surface area (Å²) in [6.07, 6.45) is 0.162. The van der Waals surface area contributed by atoms with Gasteiger partial charge in [-0.3, -0.25) is 9.59 Å². The predicted octanol–water partition coefficient (Wildman–Crippen LogP) is 4.13. The number of hydrogen-bond donors (Lipinski definition) is 0. The smallest absolute Gasteiger partial charge is 0.247 e. The standard InChI is InChI=1S/C20H18N2O4S2/c1-3-26-14-8-9-15-16(10-14)27-20(21-15)28-17-11-18(23)22(19(17)24)12-4-6-13(25-2)7-5-12/h4-10,17H,3,11H2,1-2H3/t17-/m0/s1. The van der Waals surface area contributed by atoms with Crippen molar-refractivity contribution in [1.82, 2.24) is 4.98 Å². The molecule has 4 rings (SSSR count). The molecule has 2 aromatic carbocycles. The lowest BCUT2D eigenvalue weighted by atomic mass is 10.3. The van der Waals surface area contributed by atoms with Gasteiger partial charge in [-0.15, -0.1) is 11.3 Å². The summed E-state index contributed by atoms with van der Waals surface area (Å²) in [6, 6.07) is 12.6. The van der Waals surface area contributed by atoms with Crippen LogP contribution in [0, 0.1) is 0 Å². The fraction of sp³-hybridized carbons (Fsp3) is 0.250. The van der Waals surface area contributed by atoms with Crippen LogP contribution in [0.3, 0.4) is 0 Å². The lowest BCUT2D eigenvalue weighted by Gasteiger charge is -2.15. The Hall–Kier alpha value is -2.58. The van der Waals surface area contributed by atoms with Crippen LogP contribution < -0.4 is 14.4 Å². The molecule has 0 N–H and O–H groups in total. The van der Waals surface area contributed by atoms with Crippen molar-refractivity contribution in [2.24, 2.45) is 0 Å². The van der Waals surface area contributed by atoms with E-state index in [0.29, 0.717) is 18.0 Å². The molecule has 2 amide bonds. The van der Waals surface area contributed by atoms with Crippen LogP contribution in [-0.2, 0) is 9.59 Å². The van der Waals surface area contributed by atoms with Crippen LogP contribution in [0.2, 0.25) is 0 Å². The van der Waals surface area contributed by atoms with Crippen LogP contribution in [0.15, 0.2) is 46.8 Å². The molecule has 1 aliphatic heterocycles. The summed E-state index contributed by atoms with van der Waals surface area (Å²) in [5.74, 6) is 1.06. The SMILES string of the molecule is CCOc1ccc2nc(S[C@H]3CC(=O)N(c4ccc(OC)cc4)C3=O)sc2c1. The van der Waals surface area contributed by atoms with E-state index < -0.39 is 5.25 Å². The number of ether oxygens (including phenoxy) is 2. The highest BCUT2D eigenvalue weighted by Crippen LogP contribution is 2.38. The van der Waals surface area contributed by atoms with Gasteiger partial charge in [0, 0.05) is 6.42 Å². The minimum atomic E-state index is -0.471. The number of thiazole rings is 1. The fourth-order valence-corrected chi connectivity index (χ4v) is 5.37. The molecular formula is C20H18N2O4S2. The summed E-state index contributed by atoms with van der Waals surface area (Å²) in [6.45, 7) is 2.54. The number of nitrogens with zero attached hydrogens (tertiary/aromatic N) is 2. The number of methoxy groups -OCH3 is 1. The number of hydrogen-bond acceptors (Lipinski definition) is 7. The zero-order valence-corrected chi connectivity index (χ0v) is 17.0. The normalized spacial score (nSPS) is 16.8. The second-order valence-electron chi connectivity index (χ2n) is 6.12. The number of fused-ring (bicyclic) bond motifs is 1. The summed E-state index contributed by atoms with van der Waals surface area (Å²) in [5, 5.41) is -0.471. The highest BCUT2D eigenvalue weighted by Gasteiger charge is 2.40. The van der Waals surface area contributed by atoms with Crippen LogP contribution >= 0.6 is 23.1 Å². The molecule has 1 fully saturated rings. The maximum absolute atomic E-state index is 12.8. The summed E-state index contributed by atoms with van der Waals surface area (Å²) in [5.41, 5.74) is 1.42. The van der Waals surface area contributed by atoms with Gasteiger partial charge in [-0.1, -0.05) is 11.8 Å². The number of imide groups is 1. The molecule has 1 saturated heterocycles. The molecule has 0 spiro atoms. The third-order valence-corrected chi connectivity index (χ3v) is 6.63. The molecule has 0 aliphatic carbocycles. The molecule has 0 unspecified atom stereocenters. The van der Waals surface area contributed by atoms with E-state index in [-0.39, 0.29) is 18.2 Å². The second-order valence-corrected chi connectivity index (χ2v) is 8.60. The van der Waals surface area contributed by atoms with Crippen LogP contribution in [0.5, 0.6) is 11.5 Å². The first-order valence-electron chi connectivity index (χ1n) is 8.80. The summed E-state index contributed by atoms with van der Waals surface area (Å²) in [7, 11) is 1.57. The maximum atomic E-state index is 12.8. The van der Waals surface area contributed by atoms with E-state index in [1.165, 1.54) is 28.0 Å². The largest absolute Gasteiger partial charge is 0.497 e. The Morgan fingerprint density at radius 3 is 2.64 bits per heavy atom. The van der Waals surface area contributed by atoms with E-state index in [0.717, 1.165) is 20.3 Å². The van der Waals surface area contributed by atoms with Gasteiger partial charge in [-0.05, 0) is 49.4 Å². The second kappa shape index (κ2) is 7.81. The lowest BCUT2D eigenvalue weighted by molar-refractivity contribution is -0.121. The van der Waals surface area contributed by atoms with Gasteiger partial charge in [-0.2, -0.15) is 0 Å². The van der Waals surface area contributed by atoms with E-state index in [1.54, 1.807) is 31.4 Å². The molecule has 2 heterocycles. The number of amides is 2. The van der Waals surface area contributed by atoms with Gasteiger partial charge in [0.15, 0.2) is 4.34 Å². The molecule has 1 aliphatic rings. The van der Waals surface area contributed by atoms with Crippen molar-refractivity contribution >= 4 is 50.8 Å². The molecule has 28 heavy (non-hydrogen) atoms. The first-order valence-corrected chi connectivity index (χ1v) is 10.5. The number of carbonyl (C=O) groups is 2. The van der Waals surface area contributed by atoms with Crippen molar-refractivity contribution in [2.45, 2.75) is 22.9 Å². The van der Waals surface area contributed by atoms with Crippen LogP contribution in [-0.4, -0.2) is 35.8 Å². The number of aromatic nitrogens is 1. The van der Waals surface area contributed by atoms with Crippen molar-refractivity contribution in [1.29, 1.82) is 0 Å². The summed E-state index contributed by atoms with van der Waals surface area (Å²) in [4.78, 5) is 31.1. The molecule has 6 nitrogen and oxygen atoms in total. The van der Waals surface area contributed by atoms with Crippen LogP contribution in [0.25, 0.3) is 10.2 Å². The Balaban J connectivity index is 1.53. The zero-order valence-electron chi connectivity index (χ0n) is 15.4. The molecule has 8 heteroatoms. The van der Waals surface area contributed by atoms with Crippen LogP contribution in [0.4, 0.5) is 5.69 Å². The highest BCUT2D eigenvalue weighted by atomic mass is 32.2. The lowest BCUT2D eigenvalue weighted by Crippen LogP contribution is -2.31. The monoisotopic (exact) mass is 414 g/mol. The van der Waals surface area contributed by atoms with Crippen molar-refractivity contribution in [2.75, 3.05) is 18.6 Å². The quantitative estimate of drug-likeness (QED) is 0.565. The Kier molecular flexibility index (Phi) is 5.23. The van der Waals surface area contributed by atoms with Crippen molar-refractivity contribution in [3.8, 4) is 11.5 Å². The van der Waals surface area contributed by atoms with Crippen molar-refractivity contribution in [3.05, 3.63) is 42.5 Å². The number of carbonyl (C=O) groups excluding carboxylic acids is 2. The van der Waals surface area contributed by atoms with Gasteiger partial charge in [0.1, 0.15) is 16.7 Å². The van der Waals surface area contributed by atoms with Gasteiger partial charge >= 0.3 is 0 Å². The Labute approximate surface area is 170 Å². The average molecular weight is 415 g/mol. The minimum Gasteiger partial charge on any atom is -0.497 e. The van der Waals surface area contributed by atoms with Gasteiger partial charge in [0.2, 0.25) is 11.8 Å².